The first kappa shape index (κ1) is 13.3. The monoisotopic (exact) mass is 280 g/mol. The van der Waals surface area contributed by atoms with Crippen molar-refractivity contribution < 1.29 is 4.74 Å². The number of rotatable bonds is 3. The summed E-state index contributed by atoms with van der Waals surface area (Å²) in [6.07, 6.45) is 0.787. The number of hydrogen-bond acceptors (Lipinski definition) is 5. The lowest BCUT2D eigenvalue weighted by molar-refractivity contribution is 0.460. The Balaban J connectivity index is 2.10. The normalized spacial score (nSPS) is 10.8. The molecule has 3 rings (SSSR count). The number of pyridine rings is 1. The molecular formula is C16H16N4O. The zero-order valence-corrected chi connectivity index (χ0v) is 12.0. The van der Waals surface area contributed by atoms with Gasteiger partial charge in [0.05, 0.1) is 16.6 Å². The second kappa shape index (κ2) is 5.36. The highest BCUT2D eigenvalue weighted by molar-refractivity contribution is 5.84. The summed E-state index contributed by atoms with van der Waals surface area (Å²) in [5.41, 5.74) is 8.38. The third-order valence-corrected chi connectivity index (χ3v) is 3.20. The van der Waals surface area contributed by atoms with E-state index in [1.807, 2.05) is 50.2 Å². The van der Waals surface area contributed by atoms with E-state index >= 15 is 0 Å². The number of aryl methyl sites for hydroxylation is 2. The van der Waals surface area contributed by atoms with Gasteiger partial charge in [-0.15, -0.1) is 0 Å². The first-order valence-corrected chi connectivity index (χ1v) is 6.84. The molecule has 0 fully saturated rings. The van der Waals surface area contributed by atoms with E-state index in [4.69, 9.17) is 10.5 Å². The van der Waals surface area contributed by atoms with Crippen LogP contribution in [-0.2, 0) is 6.42 Å². The largest absolute Gasteiger partial charge is 0.436 e. The number of anilines is 1. The molecule has 0 spiro atoms. The van der Waals surface area contributed by atoms with Crippen molar-refractivity contribution in [3.8, 4) is 11.6 Å². The molecule has 0 saturated heterocycles. The summed E-state index contributed by atoms with van der Waals surface area (Å²) < 4.78 is 5.96. The van der Waals surface area contributed by atoms with Crippen LogP contribution < -0.4 is 10.5 Å². The van der Waals surface area contributed by atoms with Crippen LogP contribution in [0.3, 0.4) is 0 Å². The van der Waals surface area contributed by atoms with Crippen molar-refractivity contribution in [2.75, 3.05) is 5.73 Å². The van der Waals surface area contributed by atoms with Crippen LogP contribution in [0.4, 0.5) is 5.95 Å². The van der Waals surface area contributed by atoms with Crippen molar-refractivity contribution in [1.82, 2.24) is 15.0 Å². The molecule has 21 heavy (non-hydrogen) atoms. The predicted octanol–water partition coefficient (Wildman–Crippen LogP) is 3.27. The standard InChI is InChI=1S/C16H16N4O/c1-3-12-14(9-8-10(2)18-12)21-15-11-6-4-5-7-13(11)19-16(17)20-15/h4-9H,3H2,1-2H3,(H2,17,19,20). The lowest BCUT2D eigenvalue weighted by atomic mass is 10.2. The van der Waals surface area contributed by atoms with Crippen molar-refractivity contribution >= 4 is 16.9 Å². The average Bonchev–Trinajstić information content (AvgIpc) is 2.48. The Labute approximate surface area is 122 Å². The molecule has 0 amide bonds. The summed E-state index contributed by atoms with van der Waals surface area (Å²) in [5.74, 6) is 1.35. The lowest BCUT2D eigenvalue weighted by Crippen LogP contribution is -2.01. The van der Waals surface area contributed by atoms with E-state index in [1.54, 1.807) is 0 Å². The number of ether oxygens (including phenoxy) is 1. The topological polar surface area (TPSA) is 73.9 Å². The third kappa shape index (κ3) is 2.63. The van der Waals surface area contributed by atoms with Crippen LogP contribution in [0.1, 0.15) is 18.3 Å². The lowest BCUT2D eigenvalue weighted by Gasteiger charge is -2.11. The minimum absolute atomic E-state index is 0.196. The Bertz CT molecular complexity index is 801. The van der Waals surface area contributed by atoms with Crippen LogP contribution in [0.2, 0.25) is 0 Å². The fourth-order valence-electron chi connectivity index (χ4n) is 2.19. The van der Waals surface area contributed by atoms with Crippen molar-refractivity contribution in [1.29, 1.82) is 0 Å². The van der Waals surface area contributed by atoms with Gasteiger partial charge in [0.2, 0.25) is 11.8 Å². The van der Waals surface area contributed by atoms with E-state index < -0.39 is 0 Å². The van der Waals surface area contributed by atoms with Gasteiger partial charge in [-0.3, -0.25) is 4.98 Å². The molecule has 0 saturated carbocycles. The number of benzene rings is 1. The van der Waals surface area contributed by atoms with Crippen molar-refractivity contribution in [2.45, 2.75) is 20.3 Å². The quantitative estimate of drug-likeness (QED) is 0.797. The number of para-hydroxylation sites is 1. The first-order chi connectivity index (χ1) is 10.2. The van der Waals surface area contributed by atoms with Crippen LogP contribution in [-0.4, -0.2) is 15.0 Å². The van der Waals surface area contributed by atoms with Gasteiger partial charge in [0.1, 0.15) is 0 Å². The Kier molecular flexibility index (Phi) is 3.39. The van der Waals surface area contributed by atoms with Gasteiger partial charge in [-0.2, -0.15) is 4.98 Å². The summed E-state index contributed by atoms with van der Waals surface area (Å²) in [4.78, 5) is 12.9. The van der Waals surface area contributed by atoms with Gasteiger partial charge in [-0.05, 0) is 37.6 Å². The number of nitrogen functional groups attached to an aromatic ring is 1. The molecule has 0 atom stereocenters. The fraction of sp³-hybridized carbons (Fsp3) is 0.188. The summed E-state index contributed by atoms with van der Waals surface area (Å²) >= 11 is 0. The molecule has 0 aliphatic carbocycles. The Morgan fingerprint density at radius 3 is 2.67 bits per heavy atom. The van der Waals surface area contributed by atoms with E-state index in [2.05, 4.69) is 15.0 Å². The average molecular weight is 280 g/mol. The van der Waals surface area contributed by atoms with Gasteiger partial charge < -0.3 is 10.5 Å². The highest BCUT2D eigenvalue weighted by Gasteiger charge is 2.11. The minimum atomic E-state index is 0.196. The molecule has 106 valence electrons. The zero-order chi connectivity index (χ0) is 14.8. The van der Waals surface area contributed by atoms with Crippen LogP contribution in [0.25, 0.3) is 10.9 Å². The molecular weight excluding hydrogens is 264 g/mol. The minimum Gasteiger partial charge on any atom is -0.436 e. The fourth-order valence-corrected chi connectivity index (χ4v) is 2.19. The zero-order valence-electron chi connectivity index (χ0n) is 12.0. The van der Waals surface area contributed by atoms with E-state index in [0.717, 1.165) is 28.7 Å². The van der Waals surface area contributed by atoms with Gasteiger partial charge in [-0.25, -0.2) is 4.98 Å². The molecule has 2 aromatic heterocycles. The van der Waals surface area contributed by atoms with Crippen LogP contribution in [0, 0.1) is 6.92 Å². The van der Waals surface area contributed by atoms with E-state index in [9.17, 15) is 0 Å². The molecule has 5 heteroatoms. The highest BCUT2D eigenvalue weighted by atomic mass is 16.5. The smallest absolute Gasteiger partial charge is 0.232 e. The summed E-state index contributed by atoms with van der Waals surface area (Å²) in [7, 11) is 0. The number of nitrogens with two attached hydrogens (primary N) is 1. The van der Waals surface area contributed by atoms with Gasteiger partial charge in [-0.1, -0.05) is 19.1 Å². The van der Waals surface area contributed by atoms with Gasteiger partial charge in [0, 0.05) is 5.69 Å². The van der Waals surface area contributed by atoms with Crippen molar-refractivity contribution in [3.05, 3.63) is 47.8 Å². The first-order valence-electron chi connectivity index (χ1n) is 6.84. The van der Waals surface area contributed by atoms with Crippen molar-refractivity contribution in [2.24, 2.45) is 0 Å². The van der Waals surface area contributed by atoms with Crippen LogP contribution in [0.15, 0.2) is 36.4 Å². The van der Waals surface area contributed by atoms with Crippen LogP contribution >= 0.6 is 0 Å². The van der Waals surface area contributed by atoms with E-state index in [0.29, 0.717) is 11.6 Å². The Hall–Kier alpha value is -2.69. The molecule has 2 N–H and O–H groups in total. The maximum absolute atomic E-state index is 5.96. The molecule has 0 aliphatic rings. The maximum Gasteiger partial charge on any atom is 0.232 e. The van der Waals surface area contributed by atoms with Crippen LogP contribution in [0.5, 0.6) is 11.6 Å². The highest BCUT2D eigenvalue weighted by Crippen LogP contribution is 2.29. The summed E-state index contributed by atoms with van der Waals surface area (Å²) in [5, 5.41) is 0.828. The third-order valence-electron chi connectivity index (χ3n) is 3.20. The van der Waals surface area contributed by atoms with Gasteiger partial charge in [0.25, 0.3) is 0 Å². The number of aromatic nitrogens is 3. The number of hydrogen-bond donors (Lipinski definition) is 1. The SMILES string of the molecule is CCc1nc(C)ccc1Oc1nc(N)nc2ccccc12. The summed E-state index contributed by atoms with van der Waals surface area (Å²) in [6, 6.07) is 11.5. The Morgan fingerprint density at radius 1 is 1.05 bits per heavy atom. The number of nitrogens with zero attached hydrogens (tertiary/aromatic N) is 3. The summed E-state index contributed by atoms with van der Waals surface area (Å²) in [6.45, 7) is 4.00. The second-order valence-electron chi connectivity index (χ2n) is 4.76. The molecule has 5 nitrogen and oxygen atoms in total. The van der Waals surface area contributed by atoms with Gasteiger partial charge in [0.15, 0.2) is 5.75 Å². The molecule has 3 aromatic rings. The molecule has 0 unspecified atom stereocenters. The molecule has 1 aromatic carbocycles. The van der Waals surface area contributed by atoms with E-state index in [-0.39, 0.29) is 5.95 Å². The van der Waals surface area contributed by atoms with E-state index in [1.165, 1.54) is 0 Å². The van der Waals surface area contributed by atoms with Crippen molar-refractivity contribution in [3.63, 3.8) is 0 Å². The maximum atomic E-state index is 5.96. The number of fused-ring (bicyclic) bond motifs is 1. The molecule has 2 heterocycles. The second-order valence-corrected chi connectivity index (χ2v) is 4.76. The van der Waals surface area contributed by atoms with Gasteiger partial charge >= 0.3 is 0 Å². The molecule has 0 radical (unpaired) electrons. The molecule has 0 bridgehead atoms. The predicted molar refractivity (Wildman–Crippen MR) is 82.4 cm³/mol. The Morgan fingerprint density at radius 2 is 1.86 bits per heavy atom. The molecule has 0 aliphatic heterocycles.